The number of para-hydroxylation sites is 2. The van der Waals surface area contributed by atoms with E-state index in [0.29, 0.717) is 0 Å². The molecule has 2 aromatic rings. The van der Waals surface area contributed by atoms with Crippen LogP contribution in [0.5, 0.6) is 0 Å². The maximum absolute atomic E-state index is 10.9. The molecule has 1 heterocycles. The lowest BCUT2D eigenvalue weighted by molar-refractivity contribution is -0.385. The molecule has 0 atom stereocenters. The van der Waals surface area contributed by atoms with Crippen LogP contribution in [0.1, 0.15) is 5.69 Å². The molecule has 0 spiro atoms. The zero-order valence-electron chi connectivity index (χ0n) is 9.61. The summed E-state index contributed by atoms with van der Waals surface area (Å²) in [7, 11) is 0. The van der Waals surface area contributed by atoms with Crippen LogP contribution in [0.4, 0.5) is 11.4 Å². The first-order chi connectivity index (χ1) is 8.93. The minimum absolute atomic E-state index is 0.0775. The Morgan fingerprint density at radius 1 is 1.21 bits per heavy atom. The molecule has 0 aliphatic heterocycles. The molecular formula is C10H7ClN4O4. The summed E-state index contributed by atoms with van der Waals surface area (Å²) in [6, 6.07) is 5.73. The summed E-state index contributed by atoms with van der Waals surface area (Å²) in [6.45, 7) is 1.41. The van der Waals surface area contributed by atoms with Gasteiger partial charge in [0, 0.05) is 6.07 Å². The molecule has 0 bridgehead atoms. The summed E-state index contributed by atoms with van der Waals surface area (Å²) < 4.78 is 0.993. The Labute approximate surface area is 111 Å². The van der Waals surface area contributed by atoms with E-state index in [9.17, 15) is 20.2 Å². The number of benzene rings is 1. The zero-order valence-corrected chi connectivity index (χ0v) is 10.4. The molecule has 0 N–H and O–H groups in total. The van der Waals surface area contributed by atoms with Crippen LogP contribution < -0.4 is 0 Å². The van der Waals surface area contributed by atoms with Gasteiger partial charge in [0.25, 0.3) is 5.69 Å². The molecular weight excluding hydrogens is 276 g/mol. The molecule has 8 nitrogen and oxygen atoms in total. The Morgan fingerprint density at radius 2 is 1.84 bits per heavy atom. The fourth-order valence-corrected chi connectivity index (χ4v) is 1.99. The summed E-state index contributed by atoms with van der Waals surface area (Å²) in [6.07, 6.45) is 0. The van der Waals surface area contributed by atoms with Gasteiger partial charge in [0.15, 0.2) is 0 Å². The highest BCUT2D eigenvalue weighted by Gasteiger charge is 2.27. The van der Waals surface area contributed by atoms with Crippen molar-refractivity contribution < 1.29 is 9.85 Å². The van der Waals surface area contributed by atoms with Crippen LogP contribution in [0.3, 0.4) is 0 Å². The Balaban J connectivity index is 2.70. The van der Waals surface area contributed by atoms with E-state index >= 15 is 0 Å². The molecule has 0 saturated carbocycles. The van der Waals surface area contributed by atoms with Gasteiger partial charge >= 0.3 is 5.69 Å². The number of hydrogen-bond acceptors (Lipinski definition) is 5. The molecule has 9 heteroatoms. The lowest BCUT2D eigenvalue weighted by Crippen LogP contribution is -2.01. The predicted octanol–water partition coefficient (Wildman–Crippen LogP) is 2.65. The van der Waals surface area contributed by atoms with E-state index in [2.05, 4.69) is 5.10 Å². The third kappa shape index (κ3) is 2.13. The molecule has 19 heavy (non-hydrogen) atoms. The van der Waals surface area contributed by atoms with Crippen LogP contribution in [0.15, 0.2) is 24.3 Å². The number of nitro groups is 2. The number of rotatable bonds is 3. The van der Waals surface area contributed by atoms with Gasteiger partial charge in [-0.1, -0.05) is 23.7 Å². The molecule has 0 saturated heterocycles. The summed E-state index contributed by atoms with van der Waals surface area (Å²) in [5.41, 5.74) is -0.427. The fourth-order valence-electron chi connectivity index (χ4n) is 1.66. The fraction of sp³-hybridized carbons (Fsp3) is 0.100. The van der Waals surface area contributed by atoms with Gasteiger partial charge in [0.05, 0.1) is 9.85 Å². The summed E-state index contributed by atoms with van der Waals surface area (Å²) in [5, 5.41) is 25.4. The quantitative estimate of drug-likeness (QED) is 0.635. The molecule has 1 aromatic heterocycles. The largest absolute Gasteiger partial charge is 0.329 e. The van der Waals surface area contributed by atoms with Gasteiger partial charge in [-0.25, -0.2) is 4.68 Å². The summed E-state index contributed by atoms with van der Waals surface area (Å²) in [4.78, 5) is 20.5. The molecule has 0 fully saturated rings. The number of aromatic nitrogens is 2. The minimum Gasteiger partial charge on any atom is -0.258 e. The van der Waals surface area contributed by atoms with Crippen LogP contribution in [0.25, 0.3) is 5.69 Å². The van der Waals surface area contributed by atoms with Gasteiger partial charge < -0.3 is 0 Å². The lowest BCUT2D eigenvalue weighted by Gasteiger charge is -2.02. The Kier molecular flexibility index (Phi) is 3.17. The molecule has 0 amide bonds. The van der Waals surface area contributed by atoms with E-state index in [-0.39, 0.29) is 27.9 Å². The van der Waals surface area contributed by atoms with Crippen molar-refractivity contribution in [2.45, 2.75) is 6.92 Å². The Bertz CT molecular complexity index is 682. The molecule has 98 valence electrons. The van der Waals surface area contributed by atoms with Gasteiger partial charge in [-0.15, -0.1) is 0 Å². The Morgan fingerprint density at radius 3 is 2.37 bits per heavy atom. The molecule has 0 aliphatic rings. The topological polar surface area (TPSA) is 104 Å². The summed E-state index contributed by atoms with van der Waals surface area (Å²) in [5.74, 6) is 0. The van der Waals surface area contributed by atoms with Gasteiger partial charge in [-0.3, -0.25) is 20.2 Å². The van der Waals surface area contributed by atoms with Crippen LogP contribution >= 0.6 is 11.6 Å². The van der Waals surface area contributed by atoms with Crippen molar-refractivity contribution in [3.63, 3.8) is 0 Å². The van der Waals surface area contributed by atoms with Crippen molar-refractivity contribution in [1.29, 1.82) is 0 Å². The molecule has 0 radical (unpaired) electrons. The third-order valence-electron chi connectivity index (χ3n) is 2.46. The molecule has 0 unspecified atom stereocenters. The van der Waals surface area contributed by atoms with Gasteiger partial charge in [0.2, 0.25) is 5.15 Å². The van der Waals surface area contributed by atoms with Crippen LogP contribution in [-0.2, 0) is 0 Å². The number of hydrogen-bond donors (Lipinski definition) is 0. The van der Waals surface area contributed by atoms with Crippen molar-refractivity contribution in [2.24, 2.45) is 0 Å². The van der Waals surface area contributed by atoms with E-state index in [1.54, 1.807) is 6.07 Å². The average Bonchev–Trinajstić information content (AvgIpc) is 2.64. The van der Waals surface area contributed by atoms with Gasteiger partial charge in [-0.2, -0.15) is 5.10 Å². The van der Waals surface area contributed by atoms with Crippen molar-refractivity contribution in [2.75, 3.05) is 0 Å². The van der Waals surface area contributed by atoms with E-state index in [1.807, 2.05) is 0 Å². The highest BCUT2D eigenvalue weighted by atomic mass is 35.5. The molecule has 2 rings (SSSR count). The summed E-state index contributed by atoms with van der Waals surface area (Å²) >= 11 is 5.87. The van der Waals surface area contributed by atoms with Crippen molar-refractivity contribution in [1.82, 2.24) is 9.78 Å². The standard InChI is InChI=1S/C10H7ClN4O4/c1-6-9(15(18)19)10(11)13(12-6)7-4-2-3-5-8(7)14(16)17/h2-5H,1H3. The minimum atomic E-state index is -0.671. The maximum Gasteiger partial charge on any atom is 0.329 e. The van der Waals surface area contributed by atoms with Gasteiger partial charge in [0.1, 0.15) is 11.4 Å². The zero-order chi connectivity index (χ0) is 14.2. The van der Waals surface area contributed by atoms with Crippen LogP contribution in [0.2, 0.25) is 5.15 Å². The molecule has 1 aromatic carbocycles. The maximum atomic E-state index is 10.9. The second-order valence-electron chi connectivity index (χ2n) is 3.64. The first-order valence-electron chi connectivity index (χ1n) is 5.06. The second kappa shape index (κ2) is 4.65. The first-order valence-corrected chi connectivity index (χ1v) is 5.44. The van der Waals surface area contributed by atoms with Crippen LogP contribution in [-0.4, -0.2) is 19.6 Å². The first kappa shape index (κ1) is 13.0. The normalized spacial score (nSPS) is 10.4. The van der Waals surface area contributed by atoms with E-state index in [0.717, 1.165) is 4.68 Å². The average molecular weight is 283 g/mol. The molecule has 0 aliphatic carbocycles. The van der Waals surface area contributed by atoms with Gasteiger partial charge in [-0.05, 0) is 13.0 Å². The van der Waals surface area contributed by atoms with E-state index < -0.39 is 9.85 Å². The smallest absolute Gasteiger partial charge is 0.258 e. The van der Waals surface area contributed by atoms with Crippen molar-refractivity contribution in [3.8, 4) is 5.69 Å². The van der Waals surface area contributed by atoms with E-state index in [4.69, 9.17) is 11.6 Å². The Hall–Kier alpha value is -2.48. The SMILES string of the molecule is Cc1nn(-c2ccccc2[N+](=O)[O-])c(Cl)c1[N+](=O)[O-]. The second-order valence-corrected chi connectivity index (χ2v) is 4.00. The highest BCUT2D eigenvalue weighted by Crippen LogP contribution is 2.32. The lowest BCUT2D eigenvalue weighted by atomic mass is 10.3. The number of nitro benzene ring substituents is 1. The predicted molar refractivity (Wildman–Crippen MR) is 66.6 cm³/mol. The monoisotopic (exact) mass is 282 g/mol. The number of nitrogens with zero attached hydrogens (tertiary/aromatic N) is 4. The highest BCUT2D eigenvalue weighted by molar-refractivity contribution is 6.32. The van der Waals surface area contributed by atoms with Crippen LogP contribution in [0, 0.1) is 27.2 Å². The van der Waals surface area contributed by atoms with E-state index in [1.165, 1.54) is 25.1 Å². The van der Waals surface area contributed by atoms with Crippen molar-refractivity contribution >= 4 is 23.0 Å². The number of aryl methyl sites for hydroxylation is 1. The number of halogens is 1. The van der Waals surface area contributed by atoms with Crippen molar-refractivity contribution in [3.05, 3.63) is 55.3 Å². The third-order valence-corrected chi connectivity index (χ3v) is 2.80.